The Balaban J connectivity index is 1.94. The van der Waals surface area contributed by atoms with E-state index in [1.165, 1.54) is 25.3 Å². The molecule has 1 atom stereocenters. The molecule has 0 bridgehead atoms. The highest BCUT2D eigenvalue weighted by atomic mass is 19.1. The smallest absolute Gasteiger partial charge is 0.241 e. The van der Waals surface area contributed by atoms with Gasteiger partial charge in [0.2, 0.25) is 17.7 Å². The SMILES string of the molecule is CCN(Cc1ccncc1)C(=O)CC1(c2ccccc2F)CC(=O)N(CCOC)C1=O. The number of likely N-dealkylation sites (tertiary alicyclic amines) is 1. The Labute approximate surface area is 180 Å². The van der Waals surface area contributed by atoms with Crippen LogP contribution in [0, 0.1) is 5.82 Å². The molecule has 1 saturated heterocycles. The molecule has 2 heterocycles. The molecule has 0 radical (unpaired) electrons. The van der Waals surface area contributed by atoms with Gasteiger partial charge in [0.25, 0.3) is 0 Å². The van der Waals surface area contributed by atoms with Crippen LogP contribution in [0.4, 0.5) is 4.39 Å². The first kappa shape index (κ1) is 22.6. The fourth-order valence-corrected chi connectivity index (χ4v) is 3.96. The van der Waals surface area contributed by atoms with Crippen molar-refractivity contribution in [2.45, 2.75) is 31.7 Å². The topological polar surface area (TPSA) is 79.8 Å². The molecule has 1 aliphatic heterocycles. The highest BCUT2D eigenvalue weighted by Gasteiger charge is 2.55. The molecule has 1 aromatic heterocycles. The summed E-state index contributed by atoms with van der Waals surface area (Å²) in [4.78, 5) is 46.0. The number of pyridine rings is 1. The molecule has 7 nitrogen and oxygen atoms in total. The van der Waals surface area contributed by atoms with Crippen molar-refractivity contribution < 1.29 is 23.5 Å². The van der Waals surface area contributed by atoms with E-state index in [9.17, 15) is 18.8 Å². The molecular formula is C23H26FN3O4. The molecule has 1 aliphatic rings. The van der Waals surface area contributed by atoms with E-state index in [2.05, 4.69) is 4.98 Å². The highest BCUT2D eigenvalue weighted by Crippen LogP contribution is 2.41. The number of benzene rings is 1. The zero-order valence-corrected chi connectivity index (χ0v) is 17.7. The van der Waals surface area contributed by atoms with Gasteiger partial charge in [0.15, 0.2) is 0 Å². The lowest BCUT2D eigenvalue weighted by Crippen LogP contribution is -2.44. The van der Waals surface area contributed by atoms with Gasteiger partial charge in [-0.05, 0) is 30.7 Å². The average molecular weight is 427 g/mol. The molecule has 0 aliphatic carbocycles. The van der Waals surface area contributed by atoms with Crippen molar-refractivity contribution in [2.24, 2.45) is 0 Å². The molecule has 0 spiro atoms. The zero-order valence-electron chi connectivity index (χ0n) is 17.7. The van der Waals surface area contributed by atoms with E-state index < -0.39 is 23.0 Å². The third-order valence-electron chi connectivity index (χ3n) is 5.63. The second kappa shape index (κ2) is 9.78. The standard InChI is InChI=1S/C23H26FN3O4/c1-3-26(16-17-8-10-25-11-9-17)20(28)14-23(18-6-4-5-7-19(18)24)15-21(29)27(22(23)30)12-13-31-2/h4-11H,3,12-16H2,1-2H3. The van der Waals surface area contributed by atoms with Crippen LogP contribution in [0.3, 0.4) is 0 Å². The van der Waals surface area contributed by atoms with Gasteiger partial charge in [-0.15, -0.1) is 0 Å². The lowest BCUT2D eigenvalue weighted by atomic mass is 9.75. The summed E-state index contributed by atoms with van der Waals surface area (Å²) in [5.74, 6) is -1.93. The van der Waals surface area contributed by atoms with Gasteiger partial charge in [-0.1, -0.05) is 18.2 Å². The largest absolute Gasteiger partial charge is 0.383 e. The Morgan fingerprint density at radius 2 is 1.94 bits per heavy atom. The van der Waals surface area contributed by atoms with Gasteiger partial charge >= 0.3 is 0 Å². The number of aromatic nitrogens is 1. The van der Waals surface area contributed by atoms with Gasteiger partial charge in [-0.2, -0.15) is 0 Å². The Bertz CT molecular complexity index is 953. The summed E-state index contributed by atoms with van der Waals surface area (Å²) in [5, 5.41) is 0. The van der Waals surface area contributed by atoms with Crippen molar-refractivity contribution in [3.63, 3.8) is 0 Å². The van der Waals surface area contributed by atoms with Crippen LogP contribution < -0.4 is 0 Å². The first-order chi connectivity index (χ1) is 14.9. The first-order valence-corrected chi connectivity index (χ1v) is 10.2. The van der Waals surface area contributed by atoms with Crippen LogP contribution in [-0.2, 0) is 31.1 Å². The summed E-state index contributed by atoms with van der Waals surface area (Å²) in [6.07, 6.45) is 2.73. The van der Waals surface area contributed by atoms with E-state index in [-0.39, 0.29) is 37.5 Å². The van der Waals surface area contributed by atoms with Crippen LogP contribution in [0.2, 0.25) is 0 Å². The van der Waals surface area contributed by atoms with Gasteiger partial charge in [0, 0.05) is 51.0 Å². The van der Waals surface area contributed by atoms with Crippen LogP contribution in [0.1, 0.15) is 30.9 Å². The van der Waals surface area contributed by atoms with E-state index in [1.807, 2.05) is 6.92 Å². The fraction of sp³-hybridized carbons (Fsp3) is 0.391. The average Bonchev–Trinajstić information content (AvgIpc) is 3.01. The van der Waals surface area contributed by atoms with Crippen LogP contribution in [0.5, 0.6) is 0 Å². The predicted molar refractivity (Wildman–Crippen MR) is 111 cm³/mol. The number of hydrogen-bond donors (Lipinski definition) is 0. The molecule has 164 valence electrons. The number of ether oxygens (including phenoxy) is 1. The number of methoxy groups -OCH3 is 1. The van der Waals surface area contributed by atoms with Gasteiger partial charge in [0.1, 0.15) is 5.82 Å². The number of carbonyl (C=O) groups excluding carboxylic acids is 3. The van der Waals surface area contributed by atoms with Crippen molar-refractivity contribution in [3.05, 3.63) is 65.7 Å². The number of amides is 3. The first-order valence-electron chi connectivity index (χ1n) is 10.2. The molecule has 1 aromatic carbocycles. The van der Waals surface area contributed by atoms with Gasteiger partial charge in [0.05, 0.1) is 18.6 Å². The highest BCUT2D eigenvalue weighted by molar-refractivity contribution is 6.10. The fourth-order valence-electron chi connectivity index (χ4n) is 3.96. The van der Waals surface area contributed by atoms with E-state index in [1.54, 1.807) is 35.5 Å². The quantitative estimate of drug-likeness (QED) is 0.574. The van der Waals surface area contributed by atoms with Gasteiger partial charge in [-0.3, -0.25) is 24.3 Å². The number of imide groups is 1. The van der Waals surface area contributed by atoms with Crippen LogP contribution in [0.25, 0.3) is 0 Å². The number of halogens is 1. The maximum Gasteiger partial charge on any atom is 0.241 e. The van der Waals surface area contributed by atoms with Crippen molar-refractivity contribution in [3.8, 4) is 0 Å². The number of rotatable bonds is 9. The maximum atomic E-state index is 14.8. The third-order valence-corrected chi connectivity index (χ3v) is 5.63. The van der Waals surface area contributed by atoms with Crippen LogP contribution in [0.15, 0.2) is 48.8 Å². The monoisotopic (exact) mass is 427 g/mol. The Kier molecular flexibility index (Phi) is 7.12. The molecular weight excluding hydrogens is 401 g/mol. The normalized spacial score (nSPS) is 18.5. The maximum absolute atomic E-state index is 14.8. The molecule has 3 rings (SSSR count). The number of hydrogen-bond acceptors (Lipinski definition) is 5. The Hall–Kier alpha value is -3.13. The lowest BCUT2D eigenvalue weighted by molar-refractivity contribution is -0.143. The van der Waals surface area contributed by atoms with E-state index >= 15 is 0 Å². The van der Waals surface area contributed by atoms with E-state index in [0.29, 0.717) is 13.1 Å². The van der Waals surface area contributed by atoms with Gasteiger partial charge in [-0.25, -0.2) is 4.39 Å². The molecule has 0 N–H and O–H groups in total. The summed E-state index contributed by atoms with van der Waals surface area (Å²) in [5.41, 5.74) is -0.610. The van der Waals surface area contributed by atoms with E-state index in [0.717, 1.165) is 10.5 Å². The summed E-state index contributed by atoms with van der Waals surface area (Å²) in [7, 11) is 1.47. The molecule has 31 heavy (non-hydrogen) atoms. The van der Waals surface area contributed by atoms with Crippen molar-refractivity contribution in [1.29, 1.82) is 0 Å². The number of carbonyl (C=O) groups is 3. The van der Waals surface area contributed by atoms with Crippen LogP contribution >= 0.6 is 0 Å². The minimum absolute atomic E-state index is 0.0626. The van der Waals surface area contributed by atoms with Crippen molar-refractivity contribution >= 4 is 17.7 Å². The molecule has 1 fully saturated rings. The third kappa shape index (κ3) is 4.64. The van der Waals surface area contributed by atoms with Crippen molar-refractivity contribution in [2.75, 3.05) is 26.8 Å². The Morgan fingerprint density at radius 3 is 2.58 bits per heavy atom. The summed E-state index contributed by atoms with van der Waals surface area (Å²) < 4.78 is 19.8. The second-order valence-corrected chi connectivity index (χ2v) is 7.52. The molecule has 3 amide bonds. The lowest BCUT2D eigenvalue weighted by Gasteiger charge is -2.30. The van der Waals surface area contributed by atoms with Crippen molar-refractivity contribution in [1.82, 2.24) is 14.8 Å². The Morgan fingerprint density at radius 1 is 1.23 bits per heavy atom. The second-order valence-electron chi connectivity index (χ2n) is 7.52. The summed E-state index contributed by atoms with van der Waals surface area (Å²) in [6, 6.07) is 9.45. The van der Waals surface area contributed by atoms with E-state index in [4.69, 9.17) is 4.74 Å². The minimum Gasteiger partial charge on any atom is -0.383 e. The molecule has 0 saturated carbocycles. The zero-order chi connectivity index (χ0) is 22.4. The summed E-state index contributed by atoms with van der Waals surface area (Å²) >= 11 is 0. The number of nitrogens with zero attached hydrogens (tertiary/aromatic N) is 3. The molecule has 1 unspecified atom stereocenters. The predicted octanol–water partition coefficient (Wildman–Crippen LogP) is 2.30. The molecule has 8 heteroatoms. The summed E-state index contributed by atoms with van der Waals surface area (Å²) in [6.45, 7) is 2.81. The molecule has 2 aromatic rings. The van der Waals surface area contributed by atoms with Crippen LogP contribution in [-0.4, -0.2) is 59.3 Å². The van der Waals surface area contributed by atoms with Gasteiger partial charge < -0.3 is 9.64 Å². The minimum atomic E-state index is -1.57.